The van der Waals surface area contributed by atoms with E-state index in [1.54, 1.807) is 0 Å². The summed E-state index contributed by atoms with van der Waals surface area (Å²) in [5, 5.41) is 20.8. The molecule has 0 atom stereocenters. The highest BCUT2D eigenvalue weighted by atomic mass is 35.5. The number of carbonyl (C=O) groups excluding carboxylic acids is 2. The number of ether oxygens (including phenoxy) is 4. The summed E-state index contributed by atoms with van der Waals surface area (Å²) in [5.41, 5.74) is 7.17. The van der Waals surface area contributed by atoms with Crippen molar-refractivity contribution in [2.45, 2.75) is 89.3 Å². The minimum absolute atomic E-state index is 0.00455. The first-order chi connectivity index (χ1) is 31.1. The van der Waals surface area contributed by atoms with Crippen LogP contribution >= 0.6 is 11.6 Å². The van der Waals surface area contributed by atoms with Gasteiger partial charge >= 0.3 is 7.12 Å². The van der Waals surface area contributed by atoms with Crippen LogP contribution in [0.15, 0.2) is 91.0 Å². The van der Waals surface area contributed by atoms with E-state index in [4.69, 9.17) is 39.9 Å². The molecule has 3 aliphatic heterocycles. The summed E-state index contributed by atoms with van der Waals surface area (Å²) in [7, 11) is -0.467. The maximum Gasteiger partial charge on any atom is 0.495 e. The van der Waals surface area contributed by atoms with E-state index < -0.39 is 29.2 Å². The molecule has 11 rings (SSSR count). The van der Waals surface area contributed by atoms with Crippen molar-refractivity contribution in [3.63, 3.8) is 0 Å². The van der Waals surface area contributed by atoms with Crippen LogP contribution in [-0.2, 0) is 29.7 Å². The number of anilines is 2. The number of aryl methyl sites for hydroxylation is 2. The number of aromatic amines is 1. The van der Waals surface area contributed by atoms with Gasteiger partial charge in [-0.1, -0.05) is 47.5 Å². The van der Waals surface area contributed by atoms with E-state index in [0.717, 1.165) is 81.7 Å². The largest absolute Gasteiger partial charge is 0.495 e. The molecule has 2 saturated carbocycles. The number of H-pyrrole nitrogens is 1. The Kier molecular flexibility index (Phi) is 10.4. The lowest BCUT2D eigenvalue weighted by Crippen LogP contribution is -2.41. The zero-order chi connectivity index (χ0) is 45.3. The van der Waals surface area contributed by atoms with Gasteiger partial charge < -0.3 is 38.9 Å². The van der Waals surface area contributed by atoms with Crippen molar-refractivity contribution < 1.29 is 37.8 Å². The molecular weight excluding hydrogens is 847 g/mol. The second kappa shape index (κ2) is 15.9. The number of benzene rings is 5. The Morgan fingerprint density at radius 2 is 1.17 bits per heavy atom. The van der Waals surface area contributed by atoms with E-state index >= 15 is 0 Å². The molecule has 4 heterocycles. The number of aromatic nitrogens is 4. The van der Waals surface area contributed by atoms with Crippen LogP contribution in [0.4, 0.5) is 11.4 Å². The van der Waals surface area contributed by atoms with Crippen molar-refractivity contribution >= 4 is 47.4 Å². The maximum absolute atomic E-state index is 13.3. The van der Waals surface area contributed by atoms with E-state index in [9.17, 15) is 9.59 Å². The molecule has 0 bridgehead atoms. The molecule has 1 saturated heterocycles. The minimum atomic E-state index is -0.540. The van der Waals surface area contributed by atoms with Gasteiger partial charge in [0.15, 0.2) is 23.0 Å². The van der Waals surface area contributed by atoms with Crippen molar-refractivity contribution in [1.82, 2.24) is 20.6 Å². The molecule has 0 unspecified atom stereocenters. The number of hydrogen-bond donors (Lipinski definition) is 3. The van der Waals surface area contributed by atoms with Crippen LogP contribution in [0.25, 0.3) is 22.5 Å². The number of nitrogens with zero attached hydrogens (tertiary/aromatic N) is 3. The summed E-state index contributed by atoms with van der Waals surface area (Å²) in [4.78, 5) is 26.6. The SMILES string of the molecule is Cc1ccc(NC(=O)C2(c3ccc4c(c3)OCO4)CC2)cc1-c1ccc(-c2nn[nH]n2)c(Cl)c1.Cc1ccc(NC(=O)C2(c3ccc4c(c3)OCO4)CC2)cc1B1OC(C)(C)C(C)(C)O1. The number of tetrazole rings is 1. The molecule has 5 aliphatic rings. The third kappa shape index (κ3) is 7.85. The topological polar surface area (TPSA) is 168 Å². The Bertz CT molecular complexity index is 2850. The monoisotopic (exact) mass is 894 g/mol. The molecule has 65 heavy (non-hydrogen) atoms. The van der Waals surface area contributed by atoms with Crippen LogP contribution in [0.5, 0.6) is 23.0 Å². The van der Waals surface area contributed by atoms with Crippen molar-refractivity contribution in [2.75, 3.05) is 24.2 Å². The van der Waals surface area contributed by atoms with E-state index in [1.165, 1.54) is 0 Å². The van der Waals surface area contributed by atoms with Crippen LogP contribution < -0.4 is 35.0 Å². The van der Waals surface area contributed by atoms with Crippen molar-refractivity contribution in [3.05, 3.63) is 118 Å². The summed E-state index contributed by atoms with van der Waals surface area (Å²) in [6.07, 6.45) is 3.22. The van der Waals surface area contributed by atoms with Crippen LogP contribution in [0.3, 0.4) is 0 Å². The quantitative estimate of drug-likeness (QED) is 0.119. The molecule has 0 radical (unpaired) electrons. The van der Waals surface area contributed by atoms with Crippen LogP contribution in [-0.4, -0.2) is 64.3 Å². The fourth-order valence-electron chi connectivity index (χ4n) is 8.53. The standard InChI is InChI=1S/C25H20ClN5O3.C24H28BNO5/c1-14-2-5-17(12-19(14)15-3-6-18(20(26)10-15)23-28-30-31-29-23)27-24(32)25(8-9-25)16-4-7-21-22(11-16)34-13-33-21;1-15-6-8-17(13-18(15)25-30-22(2,3)23(4,5)31-25)26-21(27)24(10-11-24)16-7-9-19-20(12-16)29-14-28-19/h2-7,10-12H,8-9,13H2,1H3,(H,27,32)(H,28,29,30,31);6-9,12-13H,10-11,14H2,1-5H3,(H,26,27). The highest BCUT2D eigenvalue weighted by molar-refractivity contribution is 6.62. The van der Waals surface area contributed by atoms with Gasteiger partial charge in [0, 0.05) is 16.9 Å². The van der Waals surface area contributed by atoms with Gasteiger partial charge in [0.05, 0.1) is 27.1 Å². The number of fused-ring (bicyclic) bond motifs is 2. The maximum atomic E-state index is 13.3. The minimum Gasteiger partial charge on any atom is -0.454 e. The number of carbonyl (C=O) groups is 2. The Morgan fingerprint density at radius 1 is 0.631 bits per heavy atom. The van der Waals surface area contributed by atoms with Gasteiger partial charge in [-0.25, -0.2) is 0 Å². The van der Waals surface area contributed by atoms with Crippen LogP contribution in [0, 0.1) is 13.8 Å². The number of rotatable bonds is 9. The summed E-state index contributed by atoms with van der Waals surface area (Å²) < 4.78 is 34.2. The van der Waals surface area contributed by atoms with Gasteiger partial charge in [-0.15, -0.1) is 10.2 Å². The summed E-state index contributed by atoms with van der Waals surface area (Å²) in [6, 6.07) is 29.0. The molecule has 14 nitrogen and oxygen atoms in total. The first-order valence-corrected chi connectivity index (χ1v) is 22.1. The number of amides is 2. The lowest BCUT2D eigenvalue weighted by atomic mass is 9.76. The van der Waals surface area contributed by atoms with Crippen molar-refractivity contribution in [2.24, 2.45) is 0 Å². The predicted octanol–water partition coefficient (Wildman–Crippen LogP) is 8.59. The molecule has 3 N–H and O–H groups in total. The first-order valence-electron chi connectivity index (χ1n) is 21.7. The average molecular weight is 895 g/mol. The van der Waals surface area contributed by atoms with E-state index in [2.05, 4.69) is 31.3 Å². The Labute approximate surface area is 381 Å². The normalized spacial score (nSPS) is 18.4. The molecule has 1 aromatic heterocycles. The molecule has 6 aromatic rings. The Balaban J connectivity index is 0.000000154. The second-order valence-electron chi connectivity index (χ2n) is 18.3. The Hall–Kier alpha value is -6.42. The number of halogens is 1. The molecular formula is C49H48BClN6O8. The van der Waals surface area contributed by atoms with E-state index in [-0.39, 0.29) is 25.4 Å². The third-order valence-electron chi connectivity index (χ3n) is 13.6. The van der Waals surface area contributed by atoms with Crippen molar-refractivity contribution in [1.29, 1.82) is 0 Å². The predicted molar refractivity (Wildman–Crippen MR) is 246 cm³/mol. The summed E-state index contributed by atoms with van der Waals surface area (Å²) >= 11 is 6.51. The number of hydrogen-bond acceptors (Lipinski definition) is 11. The molecule has 16 heteroatoms. The van der Waals surface area contributed by atoms with Crippen LogP contribution in [0.2, 0.25) is 5.02 Å². The number of nitrogens with one attached hydrogen (secondary N) is 3. The fraction of sp³-hybridized carbons (Fsp3) is 0.327. The van der Waals surface area contributed by atoms with E-state index in [0.29, 0.717) is 33.7 Å². The summed E-state index contributed by atoms with van der Waals surface area (Å²) in [6.45, 7) is 12.6. The first kappa shape index (κ1) is 42.5. The lowest BCUT2D eigenvalue weighted by molar-refractivity contribution is -0.119. The molecule has 3 fully saturated rings. The zero-order valence-corrected chi connectivity index (χ0v) is 37.7. The summed E-state index contributed by atoms with van der Waals surface area (Å²) in [5.74, 6) is 3.25. The highest BCUT2D eigenvalue weighted by Gasteiger charge is 2.54. The molecule has 2 amide bonds. The third-order valence-corrected chi connectivity index (χ3v) is 13.9. The zero-order valence-electron chi connectivity index (χ0n) is 37.0. The molecule has 2 aliphatic carbocycles. The van der Waals surface area contributed by atoms with Gasteiger partial charge in [-0.3, -0.25) is 9.59 Å². The van der Waals surface area contributed by atoms with E-state index in [1.807, 2.05) is 133 Å². The van der Waals surface area contributed by atoms with Crippen molar-refractivity contribution in [3.8, 4) is 45.5 Å². The lowest BCUT2D eigenvalue weighted by Gasteiger charge is -2.32. The van der Waals surface area contributed by atoms with Gasteiger partial charge in [0.1, 0.15) is 0 Å². The Morgan fingerprint density at radius 3 is 1.69 bits per heavy atom. The van der Waals surface area contributed by atoms with Gasteiger partial charge in [-0.2, -0.15) is 5.21 Å². The highest BCUT2D eigenvalue weighted by Crippen LogP contribution is 2.52. The smallest absolute Gasteiger partial charge is 0.454 e. The molecule has 5 aromatic carbocycles. The second-order valence-corrected chi connectivity index (χ2v) is 18.7. The van der Waals surface area contributed by atoms with Gasteiger partial charge in [0.2, 0.25) is 31.2 Å². The fourth-order valence-corrected chi connectivity index (χ4v) is 8.79. The van der Waals surface area contributed by atoms with Crippen LogP contribution in [0.1, 0.15) is 75.6 Å². The average Bonchev–Trinajstić information content (AvgIpc) is 4.01. The molecule has 332 valence electrons. The van der Waals surface area contributed by atoms with Gasteiger partial charge in [0.25, 0.3) is 0 Å². The molecule has 0 spiro atoms. The van der Waals surface area contributed by atoms with Gasteiger partial charge in [-0.05, 0) is 166 Å².